The molecule has 2 unspecified atom stereocenters. The normalized spacial score (nSPS) is 18.1. The molecule has 0 radical (unpaired) electrons. The molecule has 1 aliphatic rings. The van der Waals surface area contributed by atoms with Crippen molar-refractivity contribution in [2.75, 3.05) is 26.0 Å². The first kappa shape index (κ1) is 28.3. The van der Waals surface area contributed by atoms with Gasteiger partial charge in [-0.1, -0.05) is 13.8 Å². The van der Waals surface area contributed by atoms with Crippen LogP contribution in [0.15, 0.2) is 0 Å². The molecule has 1 heterocycles. The second-order valence-electron chi connectivity index (χ2n) is 9.37. The van der Waals surface area contributed by atoms with Gasteiger partial charge in [0.15, 0.2) is 0 Å². The number of nitrogens with zero attached hydrogens (tertiary/aromatic N) is 1. The summed E-state index contributed by atoms with van der Waals surface area (Å²) in [5, 5.41) is 2.19. The monoisotopic (exact) mass is 476 g/mol. The number of imide groups is 1. The number of thioether (sulfide) groups is 1. The van der Waals surface area contributed by atoms with Gasteiger partial charge in [0.05, 0.1) is 34.1 Å². The number of likely N-dealkylation sites (tertiary alicyclic amines) is 1. The van der Waals surface area contributed by atoms with E-state index >= 15 is 0 Å². The maximum Gasteiger partial charge on any atom is 0.242 e. The molecule has 1 aliphatic heterocycles. The molecule has 1 N–H and O–H groups in total. The van der Waals surface area contributed by atoms with Crippen LogP contribution in [0, 0.1) is 0 Å². The average Bonchev–Trinajstić information content (AvgIpc) is 2.97. The molecule has 31 heavy (non-hydrogen) atoms. The number of hydrogen-bond donors (Lipinski definition) is 1. The van der Waals surface area contributed by atoms with Gasteiger partial charge < -0.3 is 14.8 Å². The smallest absolute Gasteiger partial charge is 0.242 e. The van der Waals surface area contributed by atoms with Crippen LogP contribution < -0.4 is 5.32 Å². The summed E-state index contributed by atoms with van der Waals surface area (Å²) in [7, 11) is 4.38. The van der Waals surface area contributed by atoms with Crippen molar-refractivity contribution in [3.8, 4) is 0 Å². The van der Waals surface area contributed by atoms with E-state index in [-0.39, 0.29) is 40.8 Å². The molecule has 0 saturated carbocycles. The topological polar surface area (TPSA) is 84.9 Å². The Morgan fingerprint density at radius 2 is 1.77 bits per heavy atom. The summed E-state index contributed by atoms with van der Waals surface area (Å²) in [6, 6.07) is 0. The lowest BCUT2D eigenvalue weighted by Crippen LogP contribution is -2.43. The SMILES string of the molecule is CCC(P)(CC)NC(=O)CSC1CC(=O)N(CCC(C)(C)OCCC(C)(C)OC)C1=O. The maximum atomic E-state index is 12.7. The fraction of sp³-hybridized carbons (Fsp3) is 0.864. The first-order valence-electron chi connectivity index (χ1n) is 11.0. The Bertz CT molecular complexity index is 637. The van der Waals surface area contributed by atoms with Gasteiger partial charge in [-0.3, -0.25) is 19.3 Å². The molecule has 0 aromatic heterocycles. The summed E-state index contributed by atoms with van der Waals surface area (Å²) in [6.45, 7) is 12.8. The molecule has 1 saturated heterocycles. The highest BCUT2D eigenvalue weighted by molar-refractivity contribution is 8.01. The van der Waals surface area contributed by atoms with Crippen LogP contribution in [0.4, 0.5) is 0 Å². The third-order valence-corrected chi connectivity index (χ3v) is 8.12. The van der Waals surface area contributed by atoms with Crippen LogP contribution in [0.25, 0.3) is 0 Å². The molecular formula is C22H41N2O5PS. The molecule has 0 bridgehead atoms. The van der Waals surface area contributed by atoms with Crippen LogP contribution in [-0.4, -0.2) is 70.4 Å². The highest BCUT2D eigenvalue weighted by Crippen LogP contribution is 2.28. The molecule has 0 aromatic carbocycles. The minimum atomic E-state index is -0.494. The molecule has 1 rings (SSSR count). The molecule has 7 nitrogen and oxygen atoms in total. The summed E-state index contributed by atoms with van der Waals surface area (Å²) in [4.78, 5) is 38.7. The van der Waals surface area contributed by atoms with Crippen molar-refractivity contribution in [1.29, 1.82) is 0 Å². The minimum Gasteiger partial charge on any atom is -0.379 e. The molecule has 3 amide bonds. The minimum absolute atomic E-state index is 0.115. The zero-order valence-corrected chi connectivity index (χ0v) is 22.2. The summed E-state index contributed by atoms with van der Waals surface area (Å²) < 4.78 is 11.4. The van der Waals surface area contributed by atoms with Gasteiger partial charge in [0.25, 0.3) is 0 Å². The Morgan fingerprint density at radius 3 is 2.32 bits per heavy atom. The van der Waals surface area contributed by atoms with Gasteiger partial charge in [0.2, 0.25) is 17.7 Å². The predicted molar refractivity (Wildman–Crippen MR) is 129 cm³/mol. The van der Waals surface area contributed by atoms with Crippen molar-refractivity contribution >= 4 is 38.7 Å². The molecule has 0 spiro atoms. The predicted octanol–water partition coefficient (Wildman–Crippen LogP) is 3.36. The quantitative estimate of drug-likeness (QED) is 0.306. The maximum absolute atomic E-state index is 12.7. The van der Waals surface area contributed by atoms with E-state index in [1.807, 2.05) is 41.5 Å². The number of hydrogen-bond acceptors (Lipinski definition) is 6. The average molecular weight is 477 g/mol. The lowest BCUT2D eigenvalue weighted by atomic mass is 10.0. The van der Waals surface area contributed by atoms with Crippen molar-refractivity contribution < 1.29 is 23.9 Å². The van der Waals surface area contributed by atoms with E-state index in [0.29, 0.717) is 19.6 Å². The second kappa shape index (κ2) is 12.0. The first-order chi connectivity index (χ1) is 14.3. The number of ether oxygens (including phenoxy) is 2. The van der Waals surface area contributed by atoms with E-state index in [2.05, 4.69) is 14.6 Å². The van der Waals surface area contributed by atoms with E-state index in [1.54, 1.807) is 7.11 Å². The Kier molecular flexibility index (Phi) is 10.9. The van der Waals surface area contributed by atoms with Crippen molar-refractivity contribution in [1.82, 2.24) is 10.2 Å². The van der Waals surface area contributed by atoms with Crippen molar-refractivity contribution in [2.24, 2.45) is 0 Å². The fourth-order valence-corrected chi connectivity index (χ4v) is 4.18. The highest BCUT2D eigenvalue weighted by Gasteiger charge is 2.40. The lowest BCUT2D eigenvalue weighted by molar-refractivity contribution is -0.139. The van der Waals surface area contributed by atoms with E-state index in [0.717, 1.165) is 19.3 Å². The first-order valence-corrected chi connectivity index (χ1v) is 12.7. The molecule has 0 aliphatic carbocycles. The third kappa shape index (κ3) is 9.37. The molecule has 9 heteroatoms. The summed E-state index contributed by atoms with van der Waals surface area (Å²) in [5.74, 6) is -0.336. The lowest BCUT2D eigenvalue weighted by Gasteiger charge is -2.30. The van der Waals surface area contributed by atoms with Crippen molar-refractivity contribution in [3.05, 3.63) is 0 Å². The number of carbonyl (C=O) groups is 3. The number of nitrogens with one attached hydrogen (secondary N) is 1. The van der Waals surface area contributed by atoms with Crippen molar-refractivity contribution in [2.45, 2.75) is 95.4 Å². The van der Waals surface area contributed by atoms with Crippen molar-refractivity contribution in [3.63, 3.8) is 0 Å². The van der Waals surface area contributed by atoms with E-state index < -0.39 is 10.9 Å². The highest BCUT2D eigenvalue weighted by atomic mass is 32.2. The van der Waals surface area contributed by atoms with Gasteiger partial charge in [0, 0.05) is 20.1 Å². The van der Waals surface area contributed by atoms with Gasteiger partial charge in [-0.25, -0.2) is 0 Å². The van der Waals surface area contributed by atoms with Crippen LogP contribution >= 0.6 is 21.0 Å². The number of methoxy groups -OCH3 is 1. The molecular weight excluding hydrogens is 435 g/mol. The summed E-state index contributed by atoms with van der Waals surface area (Å²) in [6.07, 6.45) is 3.06. The zero-order chi connectivity index (χ0) is 23.9. The second-order valence-corrected chi connectivity index (χ2v) is 11.7. The van der Waals surface area contributed by atoms with Gasteiger partial charge in [-0.2, -0.15) is 0 Å². The summed E-state index contributed by atoms with van der Waals surface area (Å²) in [5.41, 5.74) is -0.712. The summed E-state index contributed by atoms with van der Waals surface area (Å²) >= 11 is 1.24. The Morgan fingerprint density at radius 1 is 1.16 bits per heavy atom. The number of amides is 3. The van der Waals surface area contributed by atoms with Gasteiger partial charge in [-0.15, -0.1) is 21.0 Å². The molecule has 2 atom stereocenters. The fourth-order valence-electron chi connectivity index (χ4n) is 3.06. The Hall–Kier alpha value is -0.690. The Balaban J connectivity index is 2.50. The van der Waals surface area contributed by atoms with Crippen LogP contribution in [0.5, 0.6) is 0 Å². The van der Waals surface area contributed by atoms with E-state index in [9.17, 15) is 14.4 Å². The molecule has 0 aromatic rings. The molecule has 180 valence electrons. The largest absolute Gasteiger partial charge is 0.379 e. The van der Waals surface area contributed by atoms with E-state index in [1.165, 1.54) is 16.7 Å². The van der Waals surface area contributed by atoms with Gasteiger partial charge in [-0.05, 0) is 53.4 Å². The third-order valence-electron chi connectivity index (χ3n) is 5.96. The number of carbonyl (C=O) groups excluding carboxylic acids is 3. The van der Waals surface area contributed by atoms with Gasteiger partial charge in [0.1, 0.15) is 0 Å². The van der Waals surface area contributed by atoms with Crippen LogP contribution in [0.2, 0.25) is 0 Å². The standard InChI is InChI=1S/C22H41N2O5PS/c1-8-22(30,9-2)23-17(25)15-31-16-14-18(26)24(19(16)27)12-10-21(5,6)29-13-11-20(3,4)28-7/h16H,8-15,30H2,1-7H3,(H,23,25). The van der Waals surface area contributed by atoms with Crippen LogP contribution in [-0.2, 0) is 23.9 Å². The number of rotatable bonds is 14. The van der Waals surface area contributed by atoms with E-state index in [4.69, 9.17) is 9.47 Å². The zero-order valence-electron chi connectivity index (χ0n) is 20.2. The van der Waals surface area contributed by atoms with Crippen LogP contribution in [0.1, 0.15) is 73.6 Å². The Labute approximate surface area is 194 Å². The molecule has 1 fully saturated rings. The van der Waals surface area contributed by atoms with Gasteiger partial charge >= 0.3 is 0 Å². The van der Waals surface area contributed by atoms with Crippen LogP contribution in [0.3, 0.4) is 0 Å².